The number of aryl methyl sites for hydroxylation is 1. The summed E-state index contributed by atoms with van der Waals surface area (Å²) in [5.74, 6) is 0.590. The Morgan fingerprint density at radius 3 is 2.88 bits per heavy atom. The molecule has 24 heavy (non-hydrogen) atoms. The molecule has 2 N–H and O–H groups in total. The summed E-state index contributed by atoms with van der Waals surface area (Å²) < 4.78 is 6.00. The van der Waals surface area contributed by atoms with Crippen molar-refractivity contribution >= 4 is 21.8 Å². The van der Waals surface area contributed by atoms with Gasteiger partial charge in [0, 0.05) is 4.47 Å². The van der Waals surface area contributed by atoms with Gasteiger partial charge in [-0.1, -0.05) is 18.2 Å². The zero-order valence-electron chi connectivity index (χ0n) is 13.5. The van der Waals surface area contributed by atoms with Crippen LogP contribution in [0.2, 0.25) is 0 Å². The number of rotatable bonds is 4. The summed E-state index contributed by atoms with van der Waals surface area (Å²) >= 11 is 3.38. The van der Waals surface area contributed by atoms with Crippen molar-refractivity contribution in [2.75, 3.05) is 13.7 Å². The first-order valence-corrected chi connectivity index (χ1v) is 8.75. The van der Waals surface area contributed by atoms with E-state index in [1.54, 1.807) is 13.2 Å². The van der Waals surface area contributed by atoms with Crippen LogP contribution >= 0.6 is 15.9 Å². The van der Waals surface area contributed by atoms with E-state index in [2.05, 4.69) is 21.2 Å². The van der Waals surface area contributed by atoms with E-state index in [0.29, 0.717) is 12.0 Å². The van der Waals surface area contributed by atoms with Crippen LogP contribution in [0.1, 0.15) is 34.3 Å². The summed E-state index contributed by atoms with van der Waals surface area (Å²) in [6, 6.07) is 13.0. The summed E-state index contributed by atoms with van der Waals surface area (Å²) in [6.45, 7) is 0.187. The number of ether oxygens (including phenoxy) is 1. The Morgan fingerprint density at radius 1 is 1.33 bits per heavy atom. The maximum atomic E-state index is 12.4. The summed E-state index contributed by atoms with van der Waals surface area (Å²) in [5.41, 5.74) is 1.48. The van der Waals surface area contributed by atoms with E-state index in [0.717, 1.165) is 34.2 Å². The number of hydrogen-bond acceptors (Lipinski definition) is 3. The topological polar surface area (TPSA) is 58.6 Å². The van der Waals surface area contributed by atoms with Gasteiger partial charge in [0.05, 0.1) is 19.2 Å². The van der Waals surface area contributed by atoms with Gasteiger partial charge in [0.2, 0.25) is 0 Å². The molecular weight excluding hydrogens is 370 g/mol. The van der Waals surface area contributed by atoms with Crippen molar-refractivity contribution in [1.29, 1.82) is 0 Å². The van der Waals surface area contributed by atoms with Gasteiger partial charge in [-0.25, -0.2) is 0 Å². The first-order chi connectivity index (χ1) is 11.5. The molecule has 0 heterocycles. The summed E-state index contributed by atoms with van der Waals surface area (Å²) in [7, 11) is 1.63. The van der Waals surface area contributed by atoms with Crippen LogP contribution in [0.15, 0.2) is 46.9 Å². The molecule has 1 aliphatic rings. The van der Waals surface area contributed by atoms with E-state index >= 15 is 0 Å². The summed E-state index contributed by atoms with van der Waals surface area (Å²) in [5, 5.41) is 14.0. The zero-order valence-corrected chi connectivity index (χ0v) is 15.1. The van der Waals surface area contributed by atoms with E-state index in [9.17, 15) is 9.90 Å². The number of hydrogen-bond donors (Lipinski definition) is 2. The third kappa shape index (κ3) is 3.32. The molecule has 0 spiro atoms. The molecule has 3 rings (SSSR count). The molecule has 2 aromatic rings. The van der Waals surface area contributed by atoms with Crippen molar-refractivity contribution in [2.24, 2.45) is 0 Å². The molecule has 0 saturated heterocycles. The molecule has 0 saturated carbocycles. The van der Waals surface area contributed by atoms with Crippen molar-refractivity contribution in [3.63, 3.8) is 0 Å². The van der Waals surface area contributed by atoms with Gasteiger partial charge < -0.3 is 15.2 Å². The second-order valence-corrected chi connectivity index (χ2v) is 6.93. The van der Waals surface area contributed by atoms with Gasteiger partial charge in [-0.05, 0) is 70.6 Å². The average molecular weight is 390 g/mol. The molecule has 1 atom stereocenters. The van der Waals surface area contributed by atoms with Crippen LogP contribution in [0.25, 0.3) is 0 Å². The molecule has 4 nitrogen and oxygen atoms in total. The molecule has 0 aromatic heterocycles. The van der Waals surface area contributed by atoms with E-state index in [4.69, 9.17) is 4.74 Å². The first-order valence-electron chi connectivity index (χ1n) is 7.96. The highest BCUT2D eigenvalue weighted by molar-refractivity contribution is 9.10. The number of carbonyl (C=O) groups is 1. The van der Waals surface area contributed by atoms with Gasteiger partial charge in [0.15, 0.2) is 0 Å². The maximum absolute atomic E-state index is 12.4. The Bertz CT molecular complexity index is 762. The molecule has 0 aliphatic heterocycles. The Labute approximate surface area is 150 Å². The SMILES string of the molecule is COc1ccc2c(c1)CCCC2(O)CNC(=O)c1ccccc1Br. The lowest BCUT2D eigenvalue weighted by atomic mass is 9.79. The molecule has 1 amide bonds. The standard InChI is InChI=1S/C19H20BrNO3/c1-24-14-8-9-16-13(11-14)5-4-10-19(16,23)12-21-18(22)15-6-2-3-7-17(15)20/h2-3,6-9,11,23H,4-5,10,12H2,1H3,(H,21,22). The van der Waals surface area contributed by atoms with Crippen LogP contribution in [0.5, 0.6) is 5.75 Å². The fraction of sp³-hybridized carbons (Fsp3) is 0.316. The molecule has 0 fully saturated rings. The van der Waals surface area contributed by atoms with E-state index in [1.165, 1.54) is 0 Å². The third-order valence-corrected chi connectivity index (χ3v) is 5.20. The van der Waals surface area contributed by atoms with Crippen LogP contribution in [-0.4, -0.2) is 24.7 Å². The summed E-state index contributed by atoms with van der Waals surface area (Å²) in [6.07, 6.45) is 2.41. The van der Waals surface area contributed by atoms with Crippen molar-refractivity contribution in [1.82, 2.24) is 5.32 Å². The van der Waals surface area contributed by atoms with E-state index in [-0.39, 0.29) is 12.5 Å². The van der Waals surface area contributed by atoms with E-state index in [1.807, 2.05) is 36.4 Å². The minimum atomic E-state index is -1.04. The molecule has 126 valence electrons. The van der Waals surface area contributed by atoms with Crippen molar-refractivity contribution in [3.05, 3.63) is 63.6 Å². The van der Waals surface area contributed by atoms with Crippen molar-refractivity contribution < 1.29 is 14.6 Å². The minimum absolute atomic E-state index is 0.187. The normalized spacial score (nSPS) is 19.5. The predicted octanol–water partition coefficient (Wildman–Crippen LogP) is 3.41. The quantitative estimate of drug-likeness (QED) is 0.841. The lowest BCUT2D eigenvalue weighted by Crippen LogP contribution is -2.43. The molecule has 0 bridgehead atoms. The van der Waals surface area contributed by atoms with Gasteiger partial charge in [-0.15, -0.1) is 0 Å². The maximum Gasteiger partial charge on any atom is 0.252 e. The molecule has 2 aromatic carbocycles. The van der Waals surface area contributed by atoms with Gasteiger partial charge in [0.25, 0.3) is 5.91 Å². The average Bonchev–Trinajstić information content (AvgIpc) is 2.60. The number of methoxy groups -OCH3 is 1. The van der Waals surface area contributed by atoms with Crippen LogP contribution in [-0.2, 0) is 12.0 Å². The third-order valence-electron chi connectivity index (χ3n) is 4.51. The molecule has 5 heteroatoms. The van der Waals surface area contributed by atoms with Gasteiger partial charge >= 0.3 is 0 Å². The Hall–Kier alpha value is -1.85. The van der Waals surface area contributed by atoms with Crippen LogP contribution < -0.4 is 10.1 Å². The number of fused-ring (bicyclic) bond motifs is 1. The summed E-state index contributed by atoms with van der Waals surface area (Å²) in [4.78, 5) is 12.4. The molecular formula is C19H20BrNO3. The largest absolute Gasteiger partial charge is 0.497 e. The van der Waals surface area contributed by atoms with Crippen molar-refractivity contribution in [2.45, 2.75) is 24.9 Å². The predicted molar refractivity (Wildman–Crippen MR) is 96.3 cm³/mol. The Morgan fingerprint density at radius 2 is 2.12 bits per heavy atom. The fourth-order valence-corrected chi connectivity index (χ4v) is 3.68. The van der Waals surface area contributed by atoms with Gasteiger partial charge in [0.1, 0.15) is 11.4 Å². The lowest BCUT2D eigenvalue weighted by molar-refractivity contribution is 0.0189. The highest BCUT2D eigenvalue weighted by Gasteiger charge is 2.35. The van der Waals surface area contributed by atoms with E-state index < -0.39 is 5.60 Å². The second-order valence-electron chi connectivity index (χ2n) is 6.07. The van der Waals surface area contributed by atoms with Crippen LogP contribution in [0, 0.1) is 0 Å². The minimum Gasteiger partial charge on any atom is -0.497 e. The zero-order chi connectivity index (χ0) is 17.2. The molecule has 0 radical (unpaired) electrons. The highest BCUT2D eigenvalue weighted by atomic mass is 79.9. The highest BCUT2D eigenvalue weighted by Crippen LogP contribution is 2.36. The Balaban J connectivity index is 1.78. The second kappa shape index (κ2) is 6.95. The number of carbonyl (C=O) groups excluding carboxylic acids is 1. The first kappa shape index (κ1) is 17.0. The number of aliphatic hydroxyl groups is 1. The van der Waals surface area contributed by atoms with Gasteiger partial charge in [-0.2, -0.15) is 0 Å². The lowest BCUT2D eigenvalue weighted by Gasteiger charge is -2.35. The number of nitrogens with one attached hydrogen (secondary N) is 1. The number of amides is 1. The molecule has 1 unspecified atom stereocenters. The van der Waals surface area contributed by atoms with Gasteiger partial charge in [-0.3, -0.25) is 4.79 Å². The number of benzene rings is 2. The van der Waals surface area contributed by atoms with Crippen LogP contribution in [0.3, 0.4) is 0 Å². The van der Waals surface area contributed by atoms with Crippen LogP contribution in [0.4, 0.5) is 0 Å². The Kier molecular flexibility index (Phi) is 4.92. The smallest absolute Gasteiger partial charge is 0.252 e. The number of halogens is 1. The van der Waals surface area contributed by atoms with Crippen molar-refractivity contribution in [3.8, 4) is 5.75 Å². The molecule has 1 aliphatic carbocycles. The fourth-order valence-electron chi connectivity index (χ4n) is 3.21. The monoisotopic (exact) mass is 389 g/mol.